The van der Waals surface area contributed by atoms with Crippen LogP contribution in [0.2, 0.25) is 0 Å². The van der Waals surface area contributed by atoms with Crippen molar-refractivity contribution in [3.63, 3.8) is 0 Å². The summed E-state index contributed by atoms with van der Waals surface area (Å²) in [6.45, 7) is 6.06. The van der Waals surface area contributed by atoms with Crippen molar-refractivity contribution < 1.29 is 10.3 Å². The molecule has 0 bridgehead atoms. The number of nitrogens with one attached hydrogen (secondary N) is 1. The van der Waals surface area contributed by atoms with Gasteiger partial charge < -0.3 is 0 Å². The van der Waals surface area contributed by atoms with E-state index in [0.29, 0.717) is 5.06 Å². The van der Waals surface area contributed by atoms with Crippen LogP contribution in [0.25, 0.3) is 5.57 Å². The van der Waals surface area contributed by atoms with E-state index in [-0.39, 0.29) is 0 Å². The van der Waals surface area contributed by atoms with Gasteiger partial charge in [-0.25, -0.2) is 5.21 Å². The lowest BCUT2D eigenvalue weighted by atomic mass is 10.1. The van der Waals surface area contributed by atoms with Crippen molar-refractivity contribution in [2.24, 2.45) is 0 Å². The summed E-state index contributed by atoms with van der Waals surface area (Å²) in [4.78, 5) is 0. The SMILES string of the molecule is CC.Cc1ccc(C2=C[NH+](O)C=C2)cc1. The van der Waals surface area contributed by atoms with E-state index in [2.05, 4.69) is 31.2 Å². The summed E-state index contributed by atoms with van der Waals surface area (Å²) in [6, 6.07) is 8.26. The van der Waals surface area contributed by atoms with Gasteiger partial charge in [-0.3, -0.25) is 0 Å². The lowest BCUT2D eigenvalue weighted by Crippen LogP contribution is -2.98. The predicted molar refractivity (Wildman–Crippen MR) is 62.4 cm³/mol. The minimum Gasteiger partial charge on any atom is -0.209 e. The average molecular weight is 204 g/mol. The maximum Gasteiger partial charge on any atom is 0.139 e. The number of aryl methyl sites for hydroxylation is 1. The molecule has 0 fully saturated rings. The van der Waals surface area contributed by atoms with Crippen LogP contribution < -0.4 is 5.06 Å². The van der Waals surface area contributed by atoms with E-state index in [0.717, 1.165) is 11.1 Å². The van der Waals surface area contributed by atoms with Gasteiger partial charge in [0.15, 0.2) is 0 Å². The standard InChI is InChI=1S/C11H11NO.C2H6/c1-9-2-4-10(5-3-9)11-6-7-12(13)8-11;1-2/h2-8,13H,1H3;1-2H3/p+1. The molecule has 2 N–H and O–H groups in total. The van der Waals surface area contributed by atoms with Gasteiger partial charge in [0.1, 0.15) is 12.4 Å². The average Bonchev–Trinajstić information content (AvgIpc) is 2.69. The van der Waals surface area contributed by atoms with Gasteiger partial charge in [-0.2, -0.15) is 0 Å². The molecule has 1 aliphatic rings. The number of quaternary nitrogens is 1. The molecule has 0 saturated heterocycles. The van der Waals surface area contributed by atoms with Crippen molar-refractivity contribution in [1.29, 1.82) is 0 Å². The van der Waals surface area contributed by atoms with E-state index in [1.165, 1.54) is 5.56 Å². The molecule has 2 rings (SSSR count). The molecule has 0 aromatic heterocycles. The second-order valence-corrected chi connectivity index (χ2v) is 3.22. The van der Waals surface area contributed by atoms with Crippen LogP contribution in [0.1, 0.15) is 25.0 Å². The van der Waals surface area contributed by atoms with Crippen LogP contribution >= 0.6 is 0 Å². The summed E-state index contributed by atoms with van der Waals surface area (Å²) in [5.74, 6) is 0. The van der Waals surface area contributed by atoms with Gasteiger partial charge >= 0.3 is 0 Å². The van der Waals surface area contributed by atoms with Crippen LogP contribution in [-0.4, -0.2) is 5.21 Å². The molecule has 1 unspecified atom stereocenters. The van der Waals surface area contributed by atoms with E-state index in [4.69, 9.17) is 5.21 Å². The summed E-state index contributed by atoms with van der Waals surface area (Å²) in [6.07, 6.45) is 5.39. The Morgan fingerprint density at radius 2 is 1.67 bits per heavy atom. The Kier molecular flexibility index (Phi) is 4.28. The molecule has 2 nitrogen and oxygen atoms in total. The van der Waals surface area contributed by atoms with Crippen molar-refractivity contribution in [1.82, 2.24) is 0 Å². The molecule has 1 aromatic carbocycles. The fraction of sp³-hybridized carbons (Fsp3) is 0.231. The van der Waals surface area contributed by atoms with Crippen LogP contribution in [0.15, 0.2) is 42.7 Å². The predicted octanol–water partition coefficient (Wildman–Crippen LogP) is 2.16. The van der Waals surface area contributed by atoms with Crippen LogP contribution in [0.5, 0.6) is 0 Å². The van der Waals surface area contributed by atoms with Crippen molar-refractivity contribution in [2.45, 2.75) is 20.8 Å². The highest BCUT2D eigenvalue weighted by molar-refractivity contribution is 5.73. The molecule has 0 amide bonds. The van der Waals surface area contributed by atoms with E-state index in [1.54, 1.807) is 12.4 Å². The van der Waals surface area contributed by atoms with Gasteiger partial charge in [0, 0.05) is 11.6 Å². The third-order valence-electron chi connectivity index (χ3n) is 2.12. The Balaban J connectivity index is 0.000000531. The maximum atomic E-state index is 9.17. The molecule has 0 radical (unpaired) electrons. The Labute approximate surface area is 91.1 Å². The number of hydrogen-bond acceptors (Lipinski definition) is 1. The first-order chi connectivity index (χ1) is 7.25. The maximum absolute atomic E-state index is 9.17. The smallest absolute Gasteiger partial charge is 0.139 e. The number of benzene rings is 1. The van der Waals surface area contributed by atoms with Crippen LogP contribution in [-0.2, 0) is 0 Å². The van der Waals surface area contributed by atoms with Gasteiger partial charge in [0.25, 0.3) is 0 Å². The van der Waals surface area contributed by atoms with Crippen LogP contribution in [0.3, 0.4) is 0 Å². The Bertz CT molecular complexity index is 363. The second-order valence-electron chi connectivity index (χ2n) is 3.22. The minimum atomic E-state index is 0.329. The second kappa shape index (κ2) is 5.49. The van der Waals surface area contributed by atoms with Crippen molar-refractivity contribution >= 4 is 5.57 Å². The fourth-order valence-electron chi connectivity index (χ4n) is 1.36. The number of rotatable bonds is 1. The van der Waals surface area contributed by atoms with Gasteiger partial charge in [-0.05, 0) is 12.5 Å². The first-order valence-electron chi connectivity index (χ1n) is 5.28. The molecule has 15 heavy (non-hydrogen) atoms. The zero-order chi connectivity index (χ0) is 11.3. The topological polar surface area (TPSA) is 24.7 Å². The van der Waals surface area contributed by atoms with Gasteiger partial charge in [-0.15, -0.1) is 5.06 Å². The Morgan fingerprint density at radius 1 is 1.07 bits per heavy atom. The molecule has 1 atom stereocenters. The molecule has 0 spiro atoms. The number of hydroxylamine groups is 2. The monoisotopic (exact) mass is 204 g/mol. The number of hydrogen-bond donors (Lipinski definition) is 2. The highest BCUT2D eigenvalue weighted by atomic mass is 16.5. The first-order valence-corrected chi connectivity index (χ1v) is 5.28. The molecule has 1 aromatic rings. The fourth-order valence-corrected chi connectivity index (χ4v) is 1.36. The van der Waals surface area contributed by atoms with E-state index < -0.39 is 0 Å². The summed E-state index contributed by atoms with van der Waals surface area (Å²) in [5.41, 5.74) is 3.46. The minimum absolute atomic E-state index is 0.329. The summed E-state index contributed by atoms with van der Waals surface area (Å²) in [5, 5.41) is 9.50. The summed E-state index contributed by atoms with van der Waals surface area (Å²) >= 11 is 0. The lowest BCUT2D eigenvalue weighted by Gasteiger charge is -1.97. The lowest BCUT2D eigenvalue weighted by molar-refractivity contribution is -1.000. The summed E-state index contributed by atoms with van der Waals surface area (Å²) < 4.78 is 0. The first kappa shape index (κ1) is 11.7. The van der Waals surface area contributed by atoms with Gasteiger partial charge in [-0.1, -0.05) is 43.7 Å². The third-order valence-corrected chi connectivity index (χ3v) is 2.12. The van der Waals surface area contributed by atoms with Crippen molar-refractivity contribution in [3.05, 3.63) is 53.9 Å². The molecule has 2 heteroatoms. The molecular weight excluding hydrogens is 186 g/mol. The molecule has 1 heterocycles. The van der Waals surface area contributed by atoms with E-state index in [9.17, 15) is 0 Å². The molecule has 80 valence electrons. The molecule has 0 saturated carbocycles. The quantitative estimate of drug-likeness (QED) is 0.720. The largest absolute Gasteiger partial charge is 0.209 e. The highest BCUT2D eigenvalue weighted by Crippen LogP contribution is 2.16. The highest BCUT2D eigenvalue weighted by Gasteiger charge is 2.09. The zero-order valence-electron chi connectivity index (χ0n) is 9.49. The Morgan fingerprint density at radius 3 is 2.13 bits per heavy atom. The third kappa shape index (κ3) is 3.05. The Hall–Kier alpha value is -1.38. The van der Waals surface area contributed by atoms with Gasteiger partial charge in [0.05, 0.1) is 0 Å². The number of allylic oxidation sites excluding steroid dienone is 2. The van der Waals surface area contributed by atoms with Crippen molar-refractivity contribution in [2.75, 3.05) is 0 Å². The van der Waals surface area contributed by atoms with Gasteiger partial charge in [0.2, 0.25) is 0 Å². The van der Waals surface area contributed by atoms with E-state index >= 15 is 0 Å². The van der Waals surface area contributed by atoms with Crippen LogP contribution in [0, 0.1) is 6.92 Å². The molecular formula is C13H18NO+. The molecule has 0 aliphatic carbocycles. The van der Waals surface area contributed by atoms with Crippen LogP contribution in [0.4, 0.5) is 0 Å². The van der Waals surface area contributed by atoms with Crippen molar-refractivity contribution in [3.8, 4) is 0 Å². The normalized spacial score (nSPS) is 18.1. The molecule has 1 aliphatic heterocycles. The zero-order valence-corrected chi connectivity index (χ0v) is 9.49. The summed E-state index contributed by atoms with van der Waals surface area (Å²) in [7, 11) is 0. The van der Waals surface area contributed by atoms with E-state index in [1.807, 2.05) is 19.9 Å².